The molecule has 1 aromatic rings. The Kier molecular flexibility index (Phi) is 6.64. The van der Waals surface area contributed by atoms with E-state index in [4.69, 9.17) is 5.11 Å². The fourth-order valence-electron chi connectivity index (χ4n) is 1.51. The molecule has 0 saturated carbocycles. The molecule has 1 aromatic carbocycles. The number of nitrogens with one attached hydrogen (secondary N) is 1. The fraction of sp³-hybridized carbons (Fsp3) is 0.462. The molecule has 0 spiro atoms. The number of hydrogen-bond donors (Lipinski definition) is 2. The van der Waals surface area contributed by atoms with Gasteiger partial charge in [0.05, 0.1) is 6.61 Å². The second-order valence-electron chi connectivity index (χ2n) is 3.90. The highest BCUT2D eigenvalue weighted by molar-refractivity contribution is 5.67. The highest BCUT2D eigenvalue weighted by atomic mass is 16.6. The van der Waals surface area contributed by atoms with Crippen LogP contribution in [0.2, 0.25) is 0 Å². The standard InChI is InChI=1S/C13H20N2O3/c1-15(12-6-3-2-4-7-12)9-5-8-14-13(17)18-11-10-16/h2-4,6-7,16H,5,8-11H2,1H3,(H,14,17). The Balaban J connectivity index is 2.13. The smallest absolute Gasteiger partial charge is 0.407 e. The first kappa shape index (κ1) is 14.3. The first-order valence-electron chi connectivity index (χ1n) is 6.01. The summed E-state index contributed by atoms with van der Waals surface area (Å²) in [7, 11) is 2.01. The van der Waals surface area contributed by atoms with E-state index >= 15 is 0 Å². The van der Waals surface area contributed by atoms with Crippen LogP contribution in [0, 0.1) is 0 Å². The van der Waals surface area contributed by atoms with Crippen LogP contribution in [0.3, 0.4) is 0 Å². The lowest BCUT2D eigenvalue weighted by atomic mass is 10.3. The molecule has 1 amide bonds. The van der Waals surface area contributed by atoms with Crippen LogP contribution in [-0.2, 0) is 4.74 Å². The zero-order valence-corrected chi connectivity index (χ0v) is 10.6. The van der Waals surface area contributed by atoms with Gasteiger partial charge >= 0.3 is 6.09 Å². The predicted molar refractivity (Wildman–Crippen MR) is 70.8 cm³/mol. The highest BCUT2D eigenvalue weighted by Gasteiger charge is 2.02. The van der Waals surface area contributed by atoms with Crippen molar-refractivity contribution in [3.63, 3.8) is 0 Å². The van der Waals surface area contributed by atoms with Crippen molar-refractivity contribution in [1.82, 2.24) is 5.32 Å². The number of anilines is 1. The van der Waals surface area contributed by atoms with Gasteiger partial charge in [-0.15, -0.1) is 0 Å². The Morgan fingerprint density at radius 2 is 2.11 bits per heavy atom. The minimum Gasteiger partial charge on any atom is -0.447 e. The third kappa shape index (κ3) is 5.54. The summed E-state index contributed by atoms with van der Waals surface area (Å²) in [5.41, 5.74) is 1.15. The number of hydrogen-bond acceptors (Lipinski definition) is 4. The van der Waals surface area contributed by atoms with Crippen LogP contribution in [0.15, 0.2) is 30.3 Å². The SMILES string of the molecule is CN(CCCNC(=O)OCCO)c1ccccc1. The molecular formula is C13H20N2O3. The van der Waals surface area contributed by atoms with E-state index in [0.717, 1.165) is 18.7 Å². The molecule has 18 heavy (non-hydrogen) atoms. The lowest BCUT2D eigenvalue weighted by Gasteiger charge is -2.19. The van der Waals surface area contributed by atoms with E-state index < -0.39 is 6.09 Å². The summed E-state index contributed by atoms with van der Waals surface area (Å²) in [6, 6.07) is 10.1. The van der Waals surface area contributed by atoms with E-state index in [9.17, 15) is 4.79 Å². The molecule has 5 heteroatoms. The molecule has 0 aliphatic rings. The quantitative estimate of drug-likeness (QED) is 0.717. The summed E-state index contributed by atoms with van der Waals surface area (Å²) >= 11 is 0. The zero-order chi connectivity index (χ0) is 13.2. The fourth-order valence-corrected chi connectivity index (χ4v) is 1.51. The number of aliphatic hydroxyl groups excluding tert-OH is 1. The van der Waals surface area contributed by atoms with Gasteiger partial charge in [-0.25, -0.2) is 4.79 Å². The Morgan fingerprint density at radius 3 is 2.78 bits per heavy atom. The molecule has 0 aromatic heterocycles. The third-order valence-electron chi connectivity index (χ3n) is 2.46. The van der Waals surface area contributed by atoms with E-state index in [1.54, 1.807) is 0 Å². The lowest BCUT2D eigenvalue weighted by Crippen LogP contribution is -2.29. The molecule has 100 valence electrons. The summed E-state index contributed by atoms with van der Waals surface area (Å²) in [4.78, 5) is 13.2. The van der Waals surface area contributed by atoms with Crippen LogP contribution in [0.1, 0.15) is 6.42 Å². The lowest BCUT2D eigenvalue weighted by molar-refractivity contribution is 0.119. The van der Waals surface area contributed by atoms with Crippen LogP contribution in [0.25, 0.3) is 0 Å². The number of carbonyl (C=O) groups excluding carboxylic acids is 1. The Bertz CT molecular complexity index is 343. The number of amides is 1. The van der Waals surface area contributed by atoms with Crippen molar-refractivity contribution >= 4 is 11.8 Å². The summed E-state index contributed by atoms with van der Waals surface area (Å²) in [5, 5.41) is 11.1. The largest absolute Gasteiger partial charge is 0.447 e. The molecule has 2 N–H and O–H groups in total. The summed E-state index contributed by atoms with van der Waals surface area (Å²) < 4.78 is 4.67. The van der Waals surface area contributed by atoms with Gasteiger partial charge < -0.3 is 20.1 Å². The van der Waals surface area contributed by atoms with Gasteiger partial charge in [0.1, 0.15) is 6.61 Å². The molecular weight excluding hydrogens is 232 g/mol. The average Bonchev–Trinajstić information content (AvgIpc) is 2.42. The summed E-state index contributed by atoms with van der Waals surface area (Å²) in [6.45, 7) is 1.30. The zero-order valence-electron chi connectivity index (χ0n) is 10.6. The van der Waals surface area contributed by atoms with Crippen molar-refractivity contribution in [2.45, 2.75) is 6.42 Å². The molecule has 0 aliphatic heterocycles. The highest BCUT2D eigenvalue weighted by Crippen LogP contribution is 2.10. The van der Waals surface area contributed by atoms with Gasteiger partial charge in [0, 0.05) is 25.8 Å². The number of benzene rings is 1. The van der Waals surface area contributed by atoms with Gasteiger partial charge in [-0.2, -0.15) is 0 Å². The van der Waals surface area contributed by atoms with E-state index in [2.05, 4.69) is 15.0 Å². The van der Waals surface area contributed by atoms with Crippen LogP contribution in [0.4, 0.5) is 10.5 Å². The Hall–Kier alpha value is -1.75. The van der Waals surface area contributed by atoms with Crippen LogP contribution in [-0.4, -0.2) is 44.6 Å². The molecule has 5 nitrogen and oxygen atoms in total. The monoisotopic (exact) mass is 252 g/mol. The number of ether oxygens (including phenoxy) is 1. The second-order valence-corrected chi connectivity index (χ2v) is 3.90. The van der Waals surface area contributed by atoms with Gasteiger partial charge in [-0.1, -0.05) is 18.2 Å². The van der Waals surface area contributed by atoms with Crippen molar-refractivity contribution in [2.75, 3.05) is 38.3 Å². The first-order chi connectivity index (χ1) is 8.74. The van der Waals surface area contributed by atoms with Crippen molar-refractivity contribution in [2.24, 2.45) is 0 Å². The number of aliphatic hydroxyl groups is 1. The number of carbonyl (C=O) groups is 1. The molecule has 0 bridgehead atoms. The Labute approximate surface area is 107 Å². The van der Waals surface area contributed by atoms with Crippen LogP contribution in [0.5, 0.6) is 0 Å². The maximum absolute atomic E-state index is 11.1. The van der Waals surface area contributed by atoms with Crippen molar-refractivity contribution in [3.8, 4) is 0 Å². The van der Waals surface area contributed by atoms with Gasteiger partial charge in [-0.05, 0) is 18.6 Å². The molecule has 0 aliphatic carbocycles. The first-order valence-corrected chi connectivity index (χ1v) is 6.01. The van der Waals surface area contributed by atoms with Gasteiger partial charge in [0.25, 0.3) is 0 Å². The van der Waals surface area contributed by atoms with Gasteiger partial charge in [0.15, 0.2) is 0 Å². The third-order valence-corrected chi connectivity index (χ3v) is 2.46. The predicted octanol–water partition coefficient (Wildman–Crippen LogP) is 1.23. The van der Waals surface area contributed by atoms with Crippen LogP contribution < -0.4 is 10.2 Å². The number of rotatable bonds is 7. The number of para-hydroxylation sites is 1. The molecule has 0 heterocycles. The number of nitrogens with zero attached hydrogens (tertiary/aromatic N) is 1. The molecule has 0 saturated heterocycles. The van der Waals surface area contributed by atoms with E-state index in [1.807, 2.05) is 37.4 Å². The van der Waals surface area contributed by atoms with Gasteiger partial charge in [0.2, 0.25) is 0 Å². The van der Waals surface area contributed by atoms with E-state index in [1.165, 1.54) is 0 Å². The minimum absolute atomic E-state index is 0.0375. The summed E-state index contributed by atoms with van der Waals surface area (Å²) in [6.07, 6.45) is 0.353. The normalized spacial score (nSPS) is 9.89. The maximum Gasteiger partial charge on any atom is 0.407 e. The molecule has 0 atom stereocenters. The maximum atomic E-state index is 11.1. The van der Waals surface area contributed by atoms with E-state index in [0.29, 0.717) is 6.54 Å². The number of alkyl carbamates (subject to hydrolysis) is 1. The molecule has 1 rings (SSSR count). The molecule has 0 fully saturated rings. The molecule has 0 unspecified atom stereocenters. The average molecular weight is 252 g/mol. The van der Waals surface area contributed by atoms with Crippen molar-refractivity contribution < 1.29 is 14.6 Å². The topological polar surface area (TPSA) is 61.8 Å². The molecule has 0 radical (unpaired) electrons. The second kappa shape index (κ2) is 8.36. The summed E-state index contributed by atoms with van der Waals surface area (Å²) in [5.74, 6) is 0. The van der Waals surface area contributed by atoms with Crippen molar-refractivity contribution in [3.05, 3.63) is 30.3 Å². The van der Waals surface area contributed by atoms with Crippen LogP contribution >= 0.6 is 0 Å². The van der Waals surface area contributed by atoms with E-state index in [-0.39, 0.29) is 13.2 Å². The minimum atomic E-state index is -0.480. The Morgan fingerprint density at radius 1 is 1.39 bits per heavy atom. The van der Waals surface area contributed by atoms with Crippen molar-refractivity contribution in [1.29, 1.82) is 0 Å². The van der Waals surface area contributed by atoms with Gasteiger partial charge in [-0.3, -0.25) is 0 Å².